The van der Waals surface area contributed by atoms with E-state index in [-0.39, 0.29) is 12.4 Å². The molecule has 0 unspecified atom stereocenters. The van der Waals surface area contributed by atoms with Gasteiger partial charge in [-0.1, -0.05) is 12.1 Å². The Hall–Kier alpha value is -2.16. The molecule has 1 aromatic carbocycles. The Bertz CT molecular complexity index is 748. The molecule has 3 rings (SSSR count). The van der Waals surface area contributed by atoms with Crippen LogP contribution in [-0.2, 0) is 12.8 Å². The number of nitriles is 1. The number of fused-ring (bicyclic) bond motifs is 1. The molecule has 0 spiro atoms. The molecule has 1 aromatic heterocycles. The molecule has 0 saturated heterocycles. The molecule has 0 aliphatic carbocycles. The molecule has 6 heteroatoms. The SMILES string of the molecule is CCN(CC)c1nc2c(c(-c3ccc(C#N)cc3)n1)CCNCC2.Cl. The maximum Gasteiger partial charge on any atom is 0.226 e. The van der Waals surface area contributed by atoms with E-state index in [1.165, 1.54) is 5.56 Å². The van der Waals surface area contributed by atoms with Gasteiger partial charge in [0.15, 0.2) is 0 Å². The molecule has 2 aromatic rings. The summed E-state index contributed by atoms with van der Waals surface area (Å²) in [5.74, 6) is 0.806. The van der Waals surface area contributed by atoms with Crippen molar-refractivity contribution in [2.75, 3.05) is 31.1 Å². The van der Waals surface area contributed by atoms with Gasteiger partial charge in [-0.25, -0.2) is 9.97 Å². The first-order valence-electron chi connectivity index (χ1n) is 8.62. The van der Waals surface area contributed by atoms with Gasteiger partial charge < -0.3 is 10.2 Å². The van der Waals surface area contributed by atoms with Gasteiger partial charge in [-0.2, -0.15) is 5.26 Å². The summed E-state index contributed by atoms with van der Waals surface area (Å²) in [4.78, 5) is 11.9. The van der Waals surface area contributed by atoms with Crippen molar-refractivity contribution in [2.24, 2.45) is 0 Å². The molecule has 132 valence electrons. The summed E-state index contributed by atoms with van der Waals surface area (Å²) in [5, 5.41) is 12.5. The van der Waals surface area contributed by atoms with Crippen LogP contribution in [0.3, 0.4) is 0 Å². The summed E-state index contributed by atoms with van der Waals surface area (Å²) in [6, 6.07) is 9.87. The second kappa shape index (κ2) is 8.80. The Morgan fingerprint density at radius 3 is 2.40 bits per heavy atom. The number of rotatable bonds is 4. The Morgan fingerprint density at radius 1 is 1.08 bits per heavy atom. The zero-order valence-electron chi connectivity index (χ0n) is 14.7. The Labute approximate surface area is 155 Å². The third-order valence-corrected chi connectivity index (χ3v) is 4.51. The van der Waals surface area contributed by atoms with Crippen molar-refractivity contribution in [1.29, 1.82) is 5.26 Å². The lowest BCUT2D eigenvalue weighted by atomic mass is 10.0. The standard InChI is InChI=1S/C19H23N5.ClH/c1-3-24(4-2)19-22-17-10-12-21-11-9-16(17)18(23-19)15-7-5-14(13-20)6-8-15;/h5-8,21H,3-4,9-12H2,1-2H3;1H. The van der Waals surface area contributed by atoms with Gasteiger partial charge in [0.1, 0.15) is 0 Å². The molecule has 0 radical (unpaired) electrons. The van der Waals surface area contributed by atoms with Gasteiger partial charge >= 0.3 is 0 Å². The van der Waals surface area contributed by atoms with E-state index in [1.54, 1.807) is 0 Å². The average Bonchev–Trinajstić information content (AvgIpc) is 2.88. The smallest absolute Gasteiger partial charge is 0.226 e. The summed E-state index contributed by atoms with van der Waals surface area (Å²) in [5.41, 5.74) is 5.12. The van der Waals surface area contributed by atoms with Crippen molar-refractivity contribution in [1.82, 2.24) is 15.3 Å². The molecule has 0 amide bonds. The first-order valence-corrected chi connectivity index (χ1v) is 8.62. The van der Waals surface area contributed by atoms with Crippen LogP contribution in [0.25, 0.3) is 11.3 Å². The minimum atomic E-state index is 0. The maximum atomic E-state index is 9.02. The van der Waals surface area contributed by atoms with Gasteiger partial charge in [0, 0.05) is 37.2 Å². The molecule has 1 aliphatic heterocycles. The topological polar surface area (TPSA) is 64.8 Å². The molecule has 25 heavy (non-hydrogen) atoms. The van der Waals surface area contributed by atoms with E-state index in [0.717, 1.165) is 61.9 Å². The Balaban J connectivity index is 0.00000225. The number of nitrogens with zero attached hydrogens (tertiary/aromatic N) is 4. The van der Waals surface area contributed by atoms with Gasteiger partial charge in [0.05, 0.1) is 23.0 Å². The van der Waals surface area contributed by atoms with Crippen LogP contribution in [-0.4, -0.2) is 36.1 Å². The van der Waals surface area contributed by atoms with Crippen LogP contribution in [0.2, 0.25) is 0 Å². The molecule has 5 nitrogen and oxygen atoms in total. The molecule has 1 N–H and O–H groups in total. The first-order chi connectivity index (χ1) is 11.8. The fourth-order valence-corrected chi connectivity index (χ4v) is 3.12. The Morgan fingerprint density at radius 2 is 1.76 bits per heavy atom. The molecular formula is C19H24ClN5. The van der Waals surface area contributed by atoms with Crippen LogP contribution < -0.4 is 10.2 Å². The second-order valence-corrected chi connectivity index (χ2v) is 5.91. The quantitative estimate of drug-likeness (QED) is 0.911. The van der Waals surface area contributed by atoms with Crippen LogP contribution in [0.15, 0.2) is 24.3 Å². The highest BCUT2D eigenvalue weighted by Crippen LogP contribution is 2.28. The van der Waals surface area contributed by atoms with Gasteiger partial charge in [-0.3, -0.25) is 0 Å². The van der Waals surface area contributed by atoms with Gasteiger partial charge in [0.25, 0.3) is 0 Å². The van der Waals surface area contributed by atoms with Crippen molar-refractivity contribution in [3.8, 4) is 17.3 Å². The maximum absolute atomic E-state index is 9.02. The highest BCUT2D eigenvalue weighted by atomic mass is 35.5. The number of nitrogens with one attached hydrogen (secondary N) is 1. The highest BCUT2D eigenvalue weighted by molar-refractivity contribution is 5.85. The van der Waals surface area contributed by atoms with Crippen LogP contribution in [0.4, 0.5) is 5.95 Å². The lowest BCUT2D eigenvalue weighted by Crippen LogP contribution is -2.25. The Kier molecular flexibility index (Phi) is 6.74. The van der Waals surface area contributed by atoms with E-state index in [4.69, 9.17) is 15.2 Å². The summed E-state index contributed by atoms with van der Waals surface area (Å²) in [7, 11) is 0. The fraction of sp³-hybridized carbons (Fsp3) is 0.421. The average molecular weight is 358 g/mol. The van der Waals surface area contributed by atoms with Crippen LogP contribution in [0.5, 0.6) is 0 Å². The molecule has 0 saturated carbocycles. The van der Waals surface area contributed by atoms with E-state index >= 15 is 0 Å². The van der Waals surface area contributed by atoms with Crippen molar-refractivity contribution >= 4 is 18.4 Å². The minimum Gasteiger partial charge on any atom is -0.341 e. The largest absolute Gasteiger partial charge is 0.341 e. The van der Waals surface area contributed by atoms with Crippen LogP contribution in [0.1, 0.15) is 30.7 Å². The number of hydrogen-bond donors (Lipinski definition) is 1. The number of hydrogen-bond acceptors (Lipinski definition) is 5. The molecule has 0 bridgehead atoms. The molecular weight excluding hydrogens is 334 g/mol. The van der Waals surface area contributed by atoms with E-state index in [1.807, 2.05) is 24.3 Å². The van der Waals surface area contributed by atoms with E-state index in [2.05, 4.69) is 30.1 Å². The van der Waals surface area contributed by atoms with Crippen molar-refractivity contribution < 1.29 is 0 Å². The molecule has 2 heterocycles. The lowest BCUT2D eigenvalue weighted by Gasteiger charge is -2.22. The highest BCUT2D eigenvalue weighted by Gasteiger charge is 2.19. The van der Waals surface area contributed by atoms with Gasteiger partial charge in [-0.15, -0.1) is 12.4 Å². The summed E-state index contributed by atoms with van der Waals surface area (Å²) in [6.07, 6.45) is 1.86. The normalized spacial score (nSPS) is 13.2. The van der Waals surface area contributed by atoms with Crippen LogP contribution in [0, 0.1) is 11.3 Å². The number of aromatic nitrogens is 2. The van der Waals surface area contributed by atoms with Gasteiger partial charge in [-0.05, 0) is 38.9 Å². The zero-order chi connectivity index (χ0) is 16.9. The summed E-state index contributed by atoms with van der Waals surface area (Å²) < 4.78 is 0. The number of benzene rings is 1. The number of halogens is 1. The molecule has 1 aliphatic rings. The monoisotopic (exact) mass is 357 g/mol. The van der Waals surface area contributed by atoms with Crippen molar-refractivity contribution in [2.45, 2.75) is 26.7 Å². The molecule has 0 atom stereocenters. The fourth-order valence-electron chi connectivity index (χ4n) is 3.12. The van der Waals surface area contributed by atoms with E-state index < -0.39 is 0 Å². The van der Waals surface area contributed by atoms with Crippen molar-refractivity contribution in [3.05, 3.63) is 41.1 Å². The summed E-state index contributed by atoms with van der Waals surface area (Å²) >= 11 is 0. The zero-order valence-corrected chi connectivity index (χ0v) is 15.6. The van der Waals surface area contributed by atoms with E-state index in [0.29, 0.717) is 5.56 Å². The van der Waals surface area contributed by atoms with E-state index in [9.17, 15) is 0 Å². The summed E-state index contributed by atoms with van der Waals surface area (Å²) in [6.45, 7) is 7.93. The van der Waals surface area contributed by atoms with Crippen molar-refractivity contribution in [3.63, 3.8) is 0 Å². The first kappa shape index (κ1) is 19.2. The molecule has 0 fully saturated rings. The second-order valence-electron chi connectivity index (χ2n) is 5.91. The number of anilines is 1. The minimum absolute atomic E-state index is 0. The lowest BCUT2D eigenvalue weighted by molar-refractivity contribution is 0.708. The third kappa shape index (κ3) is 4.09. The predicted molar refractivity (Wildman–Crippen MR) is 103 cm³/mol. The predicted octanol–water partition coefficient (Wildman–Crippen LogP) is 2.97. The van der Waals surface area contributed by atoms with Crippen LogP contribution >= 0.6 is 12.4 Å². The third-order valence-electron chi connectivity index (χ3n) is 4.51. The van der Waals surface area contributed by atoms with Gasteiger partial charge in [0.2, 0.25) is 5.95 Å².